The summed E-state index contributed by atoms with van der Waals surface area (Å²) < 4.78 is 19.2. The molecule has 0 aliphatic heterocycles. The Morgan fingerprint density at radius 3 is 2.92 bits per heavy atom. The van der Waals surface area contributed by atoms with Crippen LogP contribution in [0, 0.1) is 5.82 Å². The monoisotopic (exact) mass is 378 g/mol. The quantitative estimate of drug-likeness (QED) is 0.675. The van der Waals surface area contributed by atoms with Crippen LogP contribution in [0.3, 0.4) is 0 Å². The molecule has 0 fully saturated rings. The molecule has 0 spiro atoms. The van der Waals surface area contributed by atoms with Crippen LogP contribution in [-0.4, -0.2) is 26.3 Å². The minimum absolute atomic E-state index is 0.0587. The van der Waals surface area contributed by atoms with Crippen LogP contribution < -0.4 is 5.32 Å². The number of rotatable bonds is 5. The Labute approximate surface area is 151 Å². The Morgan fingerprint density at radius 2 is 2.20 bits per heavy atom. The van der Waals surface area contributed by atoms with E-state index in [9.17, 15) is 9.18 Å². The molecule has 0 saturated carbocycles. The second-order valence-electron chi connectivity index (χ2n) is 4.99. The lowest BCUT2D eigenvalue weighted by Crippen LogP contribution is -2.23. The van der Waals surface area contributed by atoms with Gasteiger partial charge in [-0.05, 0) is 37.3 Å². The standard InChI is InChI=1S/C16H12ClFN4O2S/c1-9(14(23)20-13-5-4-11(17)7-12(13)18)25-16-22-21-15(24-16)10-3-2-6-19-8-10/h2-9H,1H3,(H,20,23)/t9-/m0/s1. The van der Waals surface area contributed by atoms with E-state index in [0.29, 0.717) is 11.5 Å². The van der Waals surface area contributed by atoms with Gasteiger partial charge < -0.3 is 9.73 Å². The van der Waals surface area contributed by atoms with E-state index < -0.39 is 17.0 Å². The molecule has 9 heteroatoms. The van der Waals surface area contributed by atoms with Crippen molar-refractivity contribution in [3.05, 3.63) is 53.6 Å². The van der Waals surface area contributed by atoms with Crippen LogP contribution in [0.25, 0.3) is 11.5 Å². The van der Waals surface area contributed by atoms with Gasteiger partial charge in [0, 0.05) is 17.4 Å². The van der Waals surface area contributed by atoms with Gasteiger partial charge in [-0.2, -0.15) is 0 Å². The summed E-state index contributed by atoms with van der Waals surface area (Å²) >= 11 is 6.76. The van der Waals surface area contributed by atoms with Crippen molar-refractivity contribution >= 4 is 35.0 Å². The van der Waals surface area contributed by atoms with Crippen molar-refractivity contribution in [2.45, 2.75) is 17.4 Å². The molecule has 1 amide bonds. The van der Waals surface area contributed by atoms with Gasteiger partial charge in [0.05, 0.1) is 16.5 Å². The lowest BCUT2D eigenvalue weighted by Gasteiger charge is -2.10. The second-order valence-corrected chi connectivity index (χ2v) is 6.72. The van der Waals surface area contributed by atoms with Crippen molar-refractivity contribution in [3.8, 4) is 11.5 Å². The molecule has 6 nitrogen and oxygen atoms in total. The average molecular weight is 379 g/mol. The number of nitrogens with one attached hydrogen (secondary N) is 1. The van der Waals surface area contributed by atoms with Gasteiger partial charge in [-0.3, -0.25) is 9.78 Å². The van der Waals surface area contributed by atoms with Crippen LogP contribution in [0.2, 0.25) is 5.02 Å². The molecule has 2 heterocycles. The molecule has 0 aliphatic carbocycles. The molecular weight excluding hydrogens is 367 g/mol. The number of anilines is 1. The van der Waals surface area contributed by atoms with Crippen molar-refractivity contribution in [1.29, 1.82) is 0 Å². The lowest BCUT2D eigenvalue weighted by atomic mass is 10.3. The number of halogens is 2. The van der Waals surface area contributed by atoms with E-state index in [0.717, 1.165) is 17.8 Å². The molecule has 2 aromatic heterocycles. The highest BCUT2D eigenvalue weighted by Crippen LogP contribution is 2.27. The lowest BCUT2D eigenvalue weighted by molar-refractivity contribution is -0.115. The third kappa shape index (κ3) is 4.34. The van der Waals surface area contributed by atoms with Crippen molar-refractivity contribution in [1.82, 2.24) is 15.2 Å². The summed E-state index contributed by atoms with van der Waals surface area (Å²) in [4.78, 5) is 16.2. The number of nitrogens with zero attached hydrogens (tertiary/aromatic N) is 3. The molecule has 0 bridgehead atoms. The Kier molecular flexibility index (Phi) is 5.30. The normalized spacial score (nSPS) is 12.0. The number of carbonyl (C=O) groups is 1. The highest BCUT2D eigenvalue weighted by atomic mass is 35.5. The minimum atomic E-state index is -0.602. The summed E-state index contributed by atoms with van der Waals surface area (Å²) in [5, 5.41) is 10.2. The number of thioether (sulfide) groups is 1. The van der Waals surface area contributed by atoms with E-state index >= 15 is 0 Å². The fourth-order valence-corrected chi connectivity index (χ4v) is 2.74. The fourth-order valence-electron chi connectivity index (χ4n) is 1.89. The van der Waals surface area contributed by atoms with Crippen molar-refractivity contribution in [3.63, 3.8) is 0 Å². The summed E-state index contributed by atoms with van der Waals surface area (Å²) in [6, 6.07) is 7.57. The minimum Gasteiger partial charge on any atom is -0.411 e. The van der Waals surface area contributed by atoms with E-state index in [4.69, 9.17) is 16.0 Å². The molecule has 3 rings (SSSR count). The van der Waals surface area contributed by atoms with Gasteiger partial charge in [-0.15, -0.1) is 10.2 Å². The summed E-state index contributed by atoms with van der Waals surface area (Å²) in [6.45, 7) is 1.65. The van der Waals surface area contributed by atoms with Gasteiger partial charge in [-0.25, -0.2) is 4.39 Å². The summed E-state index contributed by atoms with van der Waals surface area (Å²) in [5.41, 5.74) is 0.741. The van der Waals surface area contributed by atoms with Gasteiger partial charge in [0.25, 0.3) is 5.22 Å². The molecule has 3 aromatic rings. The van der Waals surface area contributed by atoms with Crippen LogP contribution in [0.15, 0.2) is 52.4 Å². The SMILES string of the molecule is C[C@H](Sc1nnc(-c2cccnc2)o1)C(=O)Nc1ccc(Cl)cc1F. The molecule has 25 heavy (non-hydrogen) atoms. The molecule has 1 atom stereocenters. The largest absolute Gasteiger partial charge is 0.411 e. The molecule has 128 valence electrons. The van der Waals surface area contributed by atoms with E-state index in [-0.39, 0.29) is 15.9 Å². The third-order valence-electron chi connectivity index (χ3n) is 3.15. The van der Waals surface area contributed by atoms with Gasteiger partial charge in [0.2, 0.25) is 11.8 Å². The van der Waals surface area contributed by atoms with Crippen LogP contribution in [0.5, 0.6) is 0 Å². The Morgan fingerprint density at radius 1 is 1.36 bits per heavy atom. The van der Waals surface area contributed by atoms with Crippen LogP contribution >= 0.6 is 23.4 Å². The van der Waals surface area contributed by atoms with Gasteiger partial charge >= 0.3 is 0 Å². The Balaban J connectivity index is 1.65. The van der Waals surface area contributed by atoms with E-state index in [1.54, 1.807) is 31.5 Å². The van der Waals surface area contributed by atoms with Crippen molar-refractivity contribution < 1.29 is 13.6 Å². The summed E-state index contributed by atoms with van der Waals surface area (Å²) in [6.07, 6.45) is 3.24. The number of hydrogen-bond acceptors (Lipinski definition) is 6. The summed E-state index contributed by atoms with van der Waals surface area (Å²) in [7, 11) is 0. The van der Waals surface area contributed by atoms with Crippen molar-refractivity contribution in [2.24, 2.45) is 0 Å². The van der Waals surface area contributed by atoms with E-state index in [1.807, 2.05) is 0 Å². The maximum Gasteiger partial charge on any atom is 0.277 e. The number of benzene rings is 1. The predicted molar refractivity (Wildman–Crippen MR) is 92.9 cm³/mol. The maximum absolute atomic E-state index is 13.7. The Hall–Kier alpha value is -2.45. The first-order valence-corrected chi connectivity index (χ1v) is 8.45. The first-order chi connectivity index (χ1) is 12.0. The molecule has 0 aliphatic rings. The van der Waals surface area contributed by atoms with Gasteiger partial charge in [0.15, 0.2) is 0 Å². The first-order valence-electron chi connectivity index (χ1n) is 7.19. The maximum atomic E-state index is 13.7. The topological polar surface area (TPSA) is 80.9 Å². The van der Waals surface area contributed by atoms with E-state index in [1.165, 1.54) is 12.1 Å². The number of amides is 1. The zero-order valence-electron chi connectivity index (χ0n) is 12.9. The molecule has 1 aromatic carbocycles. The molecule has 0 saturated heterocycles. The summed E-state index contributed by atoms with van der Waals surface area (Å²) in [5.74, 6) is -0.686. The highest BCUT2D eigenvalue weighted by molar-refractivity contribution is 8.00. The van der Waals surface area contributed by atoms with Crippen molar-refractivity contribution in [2.75, 3.05) is 5.32 Å². The number of carbonyl (C=O) groups excluding carboxylic acids is 1. The number of hydrogen-bond donors (Lipinski definition) is 1. The zero-order chi connectivity index (χ0) is 17.8. The first kappa shape index (κ1) is 17.4. The molecular formula is C16H12ClFN4O2S. The molecule has 0 unspecified atom stereocenters. The average Bonchev–Trinajstić information content (AvgIpc) is 3.06. The van der Waals surface area contributed by atoms with Crippen LogP contribution in [-0.2, 0) is 4.79 Å². The van der Waals surface area contributed by atoms with Gasteiger partial charge in [0.1, 0.15) is 5.82 Å². The fraction of sp³-hybridized carbons (Fsp3) is 0.125. The van der Waals surface area contributed by atoms with Gasteiger partial charge in [-0.1, -0.05) is 23.4 Å². The zero-order valence-corrected chi connectivity index (χ0v) is 14.5. The smallest absolute Gasteiger partial charge is 0.277 e. The van der Waals surface area contributed by atoms with Crippen LogP contribution in [0.1, 0.15) is 6.92 Å². The number of pyridine rings is 1. The molecule has 0 radical (unpaired) electrons. The number of aromatic nitrogens is 3. The Bertz CT molecular complexity index is 891. The predicted octanol–water partition coefficient (Wildman–Crippen LogP) is 4.04. The van der Waals surface area contributed by atoms with Crippen LogP contribution in [0.4, 0.5) is 10.1 Å². The second kappa shape index (κ2) is 7.62. The van der Waals surface area contributed by atoms with E-state index in [2.05, 4.69) is 20.5 Å². The third-order valence-corrected chi connectivity index (χ3v) is 4.32. The highest BCUT2D eigenvalue weighted by Gasteiger charge is 2.20. The molecule has 1 N–H and O–H groups in total.